The van der Waals surface area contributed by atoms with E-state index in [0.717, 1.165) is 24.6 Å². The van der Waals surface area contributed by atoms with E-state index in [1.807, 2.05) is 18.2 Å². The third-order valence-corrected chi connectivity index (χ3v) is 5.58. The highest BCUT2D eigenvalue weighted by Gasteiger charge is 2.40. The fourth-order valence-corrected chi connectivity index (χ4v) is 3.96. The second kappa shape index (κ2) is 14.0. The molecule has 1 aromatic carbocycles. The molecule has 5 atom stereocenters. The van der Waals surface area contributed by atoms with Crippen molar-refractivity contribution >= 4 is 5.97 Å². The minimum atomic E-state index is -1.01. The Kier molecular flexibility index (Phi) is 11.5. The molecular weight excluding hydrogens is 436 g/mol. The topological polar surface area (TPSA) is 97.2 Å². The molecule has 1 aliphatic carbocycles. The Morgan fingerprint density at radius 1 is 1.24 bits per heavy atom. The molecule has 1 unspecified atom stereocenters. The molecule has 0 aliphatic heterocycles. The minimum absolute atomic E-state index is 0.00891. The maximum Gasteiger partial charge on any atom is 0.305 e. The number of carbonyl (C=O) groups excluding carboxylic acids is 1. The van der Waals surface area contributed by atoms with Crippen molar-refractivity contribution in [2.45, 2.75) is 50.4 Å². The Morgan fingerprint density at radius 3 is 2.64 bits per heavy atom. The number of allylic oxidation sites excluding steroid dienone is 2. The molecule has 1 saturated carbocycles. The lowest BCUT2D eigenvalue weighted by molar-refractivity contribution is -0.140. The molecule has 3 N–H and O–H groups in total. The number of aliphatic hydroxyl groups is 2. The second-order valence-corrected chi connectivity index (χ2v) is 8.02. The summed E-state index contributed by atoms with van der Waals surface area (Å²) < 4.78 is 36.4. The van der Waals surface area contributed by atoms with Crippen LogP contribution in [0.5, 0.6) is 5.75 Å². The summed E-state index contributed by atoms with van der Waals surface area (Å²) in [5.41, 5.74) is 2.90. The van der Waals surface area contributed by atoms with Gasteiger partial charge in [-0.15, -0.1) is 0 Å². The first-order valence-corrected chi connectivity index (χ1v) is 11.0. The van der Waals surface area contributed by atoms with Crippen molar-refractivity contribution in [1.82, 2.24) is 5.48 Å². The van der Waals surface area contributed by atoms with E-state index in [4.69, 9.17) is 9.57 Å². The van der Waals surface area contributed by atoms with E-state index in [9.17, 15) is 23.8 Å². The zero-order valence-electron chi connectivity index (χ0n) is 19.0. The van der Waals surface area contributed by atoms with Crippen molar-refractivity contribution in [2.75, 3.05) is 20.8 Å². The number of hydrogen-bond donors (Lipinski definition) is 3. The fourth-order valence-electron chi connectivity index (χ4n) is 3.96. The number of rotatable bonds is 13. The lowest BCUT2D eigenvalue weighted by Gasteiger charge is -2.22. The third-order valence-electron chi connectivity index (χ3n) is 5.58. The van der Waals surface area contributed by atoms with Crippen molar-refractivity contribution in [1.29, 1.82) is 0 Å². The second-order valence-electron chi connectivity index (χ2n) is 8.02. The number of unbranched alkanes of at least 4 members (excludes halogenated alkanes) is 1. The van der Waals surface area contributed by atoms with Gasteiger partial charge in [0.15, 0.2) is 0 Å². The zero-order chi connectivity index (χ0) is 24.2. The average molecular weight is 470 g/mol. The summed E-state index contributed by atoms with van der Waals surface area (Å²) in [5.74, 6) is -1.99. The van der Waals surface area contributed by atoms with Crippen LogP contribution in [0.4, 0.5) is 8.78 Å². The van der Waals surface area contributed by atoms with Gasteiger partial charge in [0.2, 0.25) is 0 Å². The van der Waals surface area contributed by atoms with Crippen molar-refractivity contribution in [3.63, 3.8) is 0 Å². The Hall–Kier alpha value is -2.33. The van der Waals surface area contributed by atoms with Gasteiger partial charge >= 0.3 is 5.97 Å². The summed E-state index contributed by atoms with van der Waals surface area (Å²) >= 11 is 0. The number of hydroxylamine groups is 1. The molecule has 0 amide bonds. The zero-order valence-corrected chi connectivity index (χ0v) is 19.0. The van der Waals surface area contributed by atoms with Crippen molar-refractivity contribution in [3.05, 3.63) is 54.1 Å². The molecule has 0 spiro atoms. The SMILES string of the molecule is CONC1C[C@H](O)[C@H](CC=CCCCC(=O)OC)[C@H]1C=C[C@@H](O)COc1cc(F)cc(F)c1. The van der Waals surface area contributed by atoms with Crippen molar-refractivity contribution in [2.24, 2.45) is 11.8 Å². The molecule has 0 heterocycles. The summed E-state index contributed by atoms with van der Waals surface area (Å²) in [4.78, 5) is 16.2. The molecule has 184 valence electrons. The van der Waals surface area contributed by atoms with E-state index >= 15 is 0 Å². The van der Waals surface area contributed by atoms with Gasteiger partial charge in [-0.1, -0.05) is 24.3 Å². The van der Waals surface area contributed by atoms with E-state index in [2.05, 4.69) is 10.2 Å². The fraction of sp³-hybridized carbons (Fsp3) is 0.542. The summed E-state index contributed by atoms with van der Waals surface area (Å²) in [6, 6.07) is 2.67. The number of esters is 1. The normalized spacial score (nSPS) is 23.9. The van der Waals surface area contributed by atoms with Crippen LogP contribution in [0.25, 0.3) is 0 Å². The van der Waals surface area contributed by atoms with Crippen LogP contribution in [0, 0.1) is 23.5 Å². The standard InChI is InChI=1S/C24H33F2NO6/c1-31-24(30)8-6-4-3-5-7-21-20(22(27-32-2)14-23(21)29)10-9-18(28)15-33-19-12-16(25)11-17(26)13-19/h3,5,9-13,18,20-23,27-29H,4,6-8,14-15H2,1-2H3/t18-,20-,21-,22?,23+/m1/s1. The molecule has 33 heavy (non-hydrogen) atoms. The Labute approximate surface area is 193 Å². The highest BCUT2D eigenvalue weighted by molar-refractivity contribution is 5.69. The van der Waals surface area contributed by atoms with Gasteiger partial charge in [0.05, 0.1) is 20.3 Å². The Bertz CT molecular complexity index is 783. The number of ether oxygens (including phenoxy) is 2. The first kappa shape index (κ1) is 26.9. The lowest BCUT2D eigenvalue weighted by Crippen LogP contribution is -2.32. The van der Waals surface area contributed by atoms with Gasteiger partial charge in [0, 0.05) is 36.6 Å². The smallest absolute Gasteiger partial charge is 0.305 e. The van der Waals surface area contributed by atoms with Crippen molar-refractivity contribution in [3.8, 4) is 5.75 Å². The molecule has 9 heteroatoms. The highest BCUT2D eigenvalue weighted by atomic mass is 19.1. The monoisotopic (exact) mass is 469 g/mol. The molecule has 1 aliphatic rings. The van der Waals surface area contributed by atoms with E-state index in [1.165, 1.54) is 14.2 Å². The minimum Gasteiger partial charge on any atom is -0.490 e. The van der Waals surface area contributed by atoms with Gasteiger partial charge in [-0.25, -0.2) is 8.78 Å². The summed E-state index contributed by atoms with van der Waals surface area (Å²) in [6.07, 6.45) is 8.64. The maximum atomic E-state index is 13.3. The molecule has 0 aromatic heterocycles. The summed E-state index contributed by atoms with van der Waals surface area (Å²) in [7, 11) is 2.87. The van der Waals surface area contributed by atoms with Crippen LogP contribution in [0.15, 0.2) is 42.5 Å². The molecular formula is C24H33F2NO6. The summed E-state index contributed by atoms with van der Waals surface area (Å²) in [5, 5.41) is 20.8. The van der Waals surface area contributed by atoms with Crippen LogP contribution in [-0.2, 0) is 14.4 Å². The molecule has 0 radical (unpaired) electrons. The molecule has 7 nitrogen and oxygen atoms in total. The van der Waals surface area contributed by atoms with Gasteiger partial charge in [-0.05, 0) is 31.6 Å². The van der Waals surface area contributed by atoms with Gasteiger partial charge in [0.1, 0.15) is 30.1 Å². The predicted octanol–water partition coefficient (Wildman–Crippen LogP) is 3.07. The Balaban J connectivity index is 1.92. The van der Waals surface area contributed by atoms with Crippen LogP contribution in [-0.4, -0.2) is 55.3 Å². The lowest BCUT2D eigenvalue weighted by atomic mass is 9.89. The number of benzene rings is 1. The Morgan fingerprint density at radius 2 is 1.97 bits per heavy atom. The summed E-state index contributed by atoms with van der Waals surface area (Å²) in [6.45, 7) is -0.179. The van der Waals surface area contributed by atoms with Gasteiger partial charge in [0.25, 0.3) is 0 Å². The maximum absolute atomic E-state index is 13.3. The van der Waals surface area contributed by atoms with Crippen molar-refractivity contribution < 1.29 is 38.1 Å². The third kappa shape index (κ3) is 9.21. The molecule has 2 rings (SSSR count). The number of carbonyl (C=O) groups is 1. The molecule has 1 aromatic rings. The molecule has 0 bridgehead atoms. The van der Waals surface area contributed by atoms with Crippen LogP contribution in [0.3, 0.4) is 0 Å². The predicted molar refractivity (Wildman–Crippen MR) is 118 cm³/mol. The van der Waals surface area contributed by atoms with Gasteiger partial charge in [-0.3, -0.25) is 4.79 Å². The van der Waals surface area contributed by atoms with E-state index in [1.54, 1.807) is 6.08 Å². The number of halogens is 2. The van der Waals surface area contributed by atoms with Gasteiger partial charge in [-0.2, -0.15) is 5.48 Å². The first-order chi connectivity index (χ1) is 15.8. The van der Waals surface area contributed by atoms with Crippen LogP contribution in [0.1, 0.15) is 32.1 Å². The van der Waals surface area contributed by atoms with Crippen LogP contribution >= 0.6 is 0 Å². The van der Waals surface area contributed by atoms with E-state index in [-0.39, 0.29) is 36.2 Å². The van der Waals surface area contributed by atoms with E-state index in [0.29, 0.717) is 25.7 Å². The largest absolute Gasteiger partial charge is 0.490 e. The van der Waals surface area contributed by atoms with Crippen LogP contribution < -0.4 is 10.2 Å². The number of methoxy groups -OCH3 is 1. The molecule has 1 fully saturated rings. The number of nitrogens with one attached hydrogen (secondary N) is 1. The molecule has 0 saturated heterocycles. The van der Waals surface area contributed by atoms with Gasteiger partial charge < -0.3 is 24.5 Å². The van der Waals surface area contributed by atoms with E-state index < -0.39 is 23.8 Å². The highest BCUT2D eigenvalue weighted by Crippen LogP contribution is 2.36. The number of hydrogen-bond acceptors (Lipinski definition) is 7. The number of aliphatic hydroxyl groups excluding tert-OH is 2. The van der Waals surface area contributed by atoms with Crippen LogP contribution in [0.2, 0.25) is 0 Å². The average Bonchev–Trinajstić information content (AvgIpc) is 3.06. The first-order valence-electron chi connectivity index (χ1n) is 11.0. The quantitative estimate of drug-likeness (QED) is 0.177.